The van der Waals surface area contributed by atoms with Gasteiger partial charge in [0.2, 0.25) is 4.77 Å². The first-order chi connectivity index (χ1) is 13.9. The van der Waals surface area contributed by atoms with Crippen molar-refractivity contribution in [3.8, 4) is 17.1 Å². The highest BCUT2D eigenvalue weighted by atomic mass is 32.1. The second-order valence-electron chi connectivity index (χ2n) is 6.64. The fraction of sp³-hybridized carbons (Fsp3) is 0.238. The molecule has 0 aliphatic carbocycles. The number of ether oxygens (including phenoxy) is 2. The van der Waals surface area contributed by atoms with Crippen LogP contribution >= 0.6 is 12.2 Å². The highest BCUT2D eigenvalue weighted by molar-refractivity contribution is 7.71. The Bertz CT molecular complexity index is 1070. The Morgan fingerprint density at radius 3 is 2.69 bits per heavy atom. The van der Waals surface area contributed by atoms with Crippen LogP contribution in [0.2, 0.25) is 0 Å². The Morgan fingerprint density at radius 2 is 1.97 bits per heavy atom. The molecule has 1 N–H and O–H groups in total. The number of para-hydroxylation sites is 1. The lowest BCUT2D eigenvalue weighted by Gasteiger charge is -2.10. The van der Waals surface area contributed by atoms with Crippen LogP contribution in [0.1, 0.15) is 25.0 Å². The molecule has 0 fully saturated rings. The number of aryl methyl sites for hydroxylation is 1. The molecule has 0 radical (unpaired) electrons. The van der Waals surface area contributed by atoms with Crippen molar-refractivity contribution in [3.63, 3.8) is 0 Å². The summed E-state index contributed by atoms with van der Waals surface area (Å²) in [7, 11) is 0. The lowest BCUT2D eigenvalue weighted by molar-refractivity contribution is -0.149. The molecule has 0 saturated carbocycles. The molecule has 0 atom stereocenters. The molecule has 0 bridgehead atoms. The first kappa shape index (κ1) is 20.5. The Kier molecular flexibility index (Phi) is 6.56. The number of nitrogens with one attached hydrogen (secondary N) is 1. The van der Waals surface area contributed by atoms with Gasteiger partial charge in [-0.15, -0.1) is 0 Å². The van der Waals surface area contributed by atoms with E-state index < -0.39 is 5.97 Å². The monoisotopic (exact) mass is 410 g/mol. The van der Waals surface area contributed by atoms with Gasteiger partial charge in [0.15, 0.2) is 12.4 Å². The maximum atomic E-state index is 11.7. The molecule has 8 heteroatoms. The van der Waals surface area contributed by atoms with E-state index in [0.29, 0.717) is 21.9 Å². The van der Waals surface area contributed by atoms with Gasteiger partial charge in [-0.2, -0.15) is 14.9 Å². The standard InChI is InChI=1S/C21H22N4O3S/c1-14(2)28-19(26)13-27-18-7-5-4-6-17(18)12-22-25-20(23-24-21(25)29)16-10-8-15(3)9-11-16/h4-12,14H,13H2,1-3H3,(H,24,29)/b22-12+. The number of hydrogen-bond acceptors (Lipinski definition) is 6. The van der Waals surface area contributed by atoms with Gasteiger partial charge < -0.3 is 9.47 Å². The van der Waals surface area contributed by atoms with Crippen LogP contribution in [0.4, 0.5) is 0 Å². The molecular weight excluding hydrogens is 388 g/mol. The lowest BCUT2D eigenvalue weighted by Crippen LogP contribution is -2.19. The van der Waals surface area contributed by atoms with Gasteiger partial charge in [-0.25, -0.2) is 9.89 Å². The van der Waals surface area contributed by atoms with E-state index in [2.05, 4.69) is 15.3 Å². The molecule has 0 spiro atoms. The average molecular weight is 410 g/mol. The smallest absolute Gasteiger partial charge is 0.344 e. The Hall–Kier alpha value is -3.26. The maximum absolute atomic E-state index is 11.7. The predicted octanol–water partition coefficient (Wildman–Crippen LogP) is 4.13. The summed E-state index contributed by atoms with van der Waals surface area (Å²) in [6.07, 6.45) is 1.43. The number of nitrogens with zero attached hydrogens (tertiary/aromatic N) is 3. The summed E-state index contributed by atoms with van der Waals surface area (Å²) in [5.41, 5.74) is 2.74. The van der Waals surface area contributed by atoms with Crippen LogP contribution in [0.5, 0.6) is 5.75 Å². The zero-order valence-electron chi connectivity index (χ0n) is 16.5. The zero-order valence-corrected chi connectivity index (χ0v) is 17.3. The van der Waals surface area contributed by atoms with Crippen molar-refractivity contribution < 1.29 is 14.3 Å². The summed E-state index contributed by atoms with van der Waals surface area (Å²) in [5.74, 6) is 0.694. The number of esters is 1. The second kappa shape index (κ2) is 9.29. The van der Waals surface area contributed by atoms with Crippen LogP contribution in [0.3, 0.4) is 0 Å². The van der Waals surface area contributed by atoms with Crippen molar-refractivity contribution in [1.82, 2.24) is 14.9 Å². The van der Waals surface area contributed by atoms with Crippen molar-refractivity contribution >= 4 is 24.4 Å². The van der Waals surface area contributed by atoms with Crippen LogP contribution < -0.4 is 4.74 Å². The van der Waals surface area contributed by atoms with E-state index in [9.17, 15) is 4.79 Å². The number of aromatic amines is 1. The van der Waals surface area contributed by atoms with Crippen molar-refractivity contribution in [2.75, 3.05) is 6.61 Å². The Morgan fingerprint density at radius 1 is 1.24 bits per heavy atom. The lowest BCUT2D eigenvalue weighted by atomic mass is 10.1. The zero-order chi connectivity index (χ0) is 20.8. The van der Waals surface area contributed by atoms with Gasteiger partial charge in [-0.1, -0.05) is 42.0 Å². The topological polar surface area (TPSA) is 81.5 Å². The minimum Gasteiger partial charge on any atom is -0.481 e. The maximum Gasteiger partial charge on any atom is 0.344 e. The number of rotatable bonds is 7. The Labute approximate surface area is 174 Å². The second-order valence-corrected chi connectivity index (χ2v) is 7.03. The minimum atomic E-state index is -0.426. The third kappa shape index (κ3) is 5.39. The van der Waals surface area contributed by atoms with Crippen molar-refractivity contribution in [2.24, 2.45) is 5.10 Å². The predicted molar refractivity (Wildman–Crippen MR) is 114 cm³/mol. The summed E-state index contributed by atoms with van der Waals surface area (Å²) in [6.45, 7) is 5.42. The minimum absolute atomic E-state index is 0.178. The molecule has 2 aromatic carbocycles. The van der Waals surface area contributed by atoms with Gasteiger partial charge in [0.05, 0.1) is 12.3 Å². The fourth-order valence-corrected chi connectivity index (χ4v) is 2.74. The first-order valence-electron chi connectivity index (χ1n) is 9.14. The quantitative estimate of drug-likeness (QED) is 0.360. The van der Waals surface area contributed by atoms with Gasteiger partial charge in [0.1, 0.15) is 5.75 Å². The number of hydrogen-bond donors (Lipinski definition) is 1. The molecule has 3 aromatic rings. The molecule has 0 aliphatic rings. The number of carbonyl (C=O) groups excluding carboxylic acids is 1. The number of aromatic nitrogens is 3. The van der Waals surface area contributed by atoms with Gasteiger partial charge in [-0.3, -0.25) is 0 Å². The molecule has 0 saturated heterocycles. The van der Waals surface area contributed by atoms with Crippen molar-refractivity contribution in [3.05, 3.63) is 64.4 Å². The summed E-state index contributed by atoms with van der Waals surface area (Å²) in [5, 5.41) is 11.5. The van der Waals surface area contributed by atoms with Crippen LogP contribution in [0.25, 0.3) is 11.4 Å². The molecule has 3 rings (SSSR count). The first-order valence-corrected chi connectivity index (χ1v) is 9.55. The van der Waals surface area contributed by atoms with Crippen LogP contribution in [-0.4, -0.2) is 39.8 Å². The number of benzene rings is 2. The van der Waals surface area contributed by atoms with Crippen LogP contribution in [-0.2, 0) is 9.53 Å². The molecule has 7 nitrogen and oxygen atoms in total. The molecule has 1 heterocycles. The van der Waals surface area contributed by atoms with Gasteiger partial charge in [-0.05, 0) is 45.1 Å². The Balaban J connectivity index is 1.83. The molecule has 0 amide bonds. The number of H-pyrrole nitrogens is 1. The van der Waals surface area contributed by atoms with E-state index in [1.165, 1.54) is 0 Å². The molecular formula is C21H22N4O3S. The highest BCUT2D eigenvalue weighted by Gasteiger charge is 2.10. The largest absolute Gasteiger partial charge is 0.481 e. The summed E-state index contributed by atoms with van der Waals surface area (Å²) in [4.78, 5) is 11.7. The van der Waals surface area contributed by atoms with E-state index in [1.54, 1.807) is 30.8 Å². The molecule has 150 valence electrons. The SMILES string of the molecule is Cc1ccc(-c2n[nH]c(=S)n2/N=C/c2ccccc2OCC(=O)OC(C)C)cc1. The van der Waals surface area contributed by atoms with Gasteiger partial charge >= 0.3 is 5.97 Å². The summed E-state index contributed by atoms with van der Waals surface area (Å²) >= 11 is 5.31. The molecule has 1 aromatic heterocycles. The number of carbonyl (C=O) groups is 1. The van der Waals surface area contributed by atoms with Gasteiger partial charge in [0, 0.05) is 11.1 Å². The molecule has 0 unspecified atom stereocenters. The molecule has 29 heavy (non-hydrogen) atoms. The average Bonchev–Trinajstić information content (AvgIpc) is 3.06. The summed E-state index contributed by atoms with van der Waals surface area (Å²) in [6, 6.07) is 15.2. The van der Waals surface area contributed by atoms with E-state index >= 15 is 0 Å². The summed E-state index contributed by atoms with van der Waals surface area (Å²) < 4.78 is 12.6. The normalized spacial score (nSPS) is 11.2. The van der Waals surface area contributed by atoms with Crippen molar-refractivity contribution in [1.29, 1.82) is 0 Å². The van der Waals surface area contributed by atoms with E-state index in [0.717, 1.165) is 11.1 Å². The van der Waals surface area contributed by atoms with E-state index in [-0.39, 0.29) is 12.7 Å². The highest BCUT2D eigenvalue weighted by Crippen LogP contribution is 2.19. The van der Waals surface area contributed by atoms with Gasteiger partial charge in [0.25, 0.3) is 0 Å². The fourth-order valence-electron chi connectivity index (χ4n) is 2.56. The molecule has 0 aliphatic heterocycles. The van der Waals surface area contributed by atoms with Crippen LogP contribution in [0, 0.1) is 11.7 Å². The van der Waals surface area contributed by atoms with Crippen LogP contribution in [0.15, 0.2) is 53.6 Å². The van der Waals surface area contributed by atoms with E-state index in [4.69, 9.17) is 21.7 Å². The van der Waals surface area contributed by atoms with E-state index in [1.807, 2.05) is 49.4 Å². The third-order valence-corrected chi connectivity index (χ3v) is 4.17. The third-order valence-electron chi connectivity index (χ3n) is 3.90. The van der Waals surface area contributed by atoms with Crippen molar-refractivity contribution in [2.45, 2.75) is 26.9 Å².